The quantitative estimate of drug-likeness (QED) is 0.691. The Morgan fingerprint density at radius 1 is 1.32 bits per heavy atom. The van der Waals surface area contributed by atoms with Crippen molar-refractivity contribution in [2.24, 2.45) is 0 Å². The van der Waals surface area contributed by atoms with Crippen LogP contribution in [0, 0.1) is 11.6 Å². The highest BCUT2D eigenvalue weighted by molar-refractivity contribution is 7.17. The number of anilines is 1. The molecule has 0 unspecified atom stereocenters. The molecule has 3 N–H and O–H groups in total. The molecule has 1 atom stereocenters. The molecule has 0 saturated carbocycles. The van der Waals surface area contributed by atoms with E-state index in [9.17, 15) is 18.4 Å². The van der Waals surface area contributed by atoms with Gasteiger partial charge in [-0.25, -0.2) is 13.6 Å². The van der Waals surface area contributed by atoms with E-state index in [1.807, 2.05) is 0 Å². The van der Waals surface area contributed by atoms with Gasteiger partial charge in [-0.2, -0.15) is 0 Å². The van der Waals surface area contributed by atoms with Crippen LogP contribution in [0.2, 0.25) is 0 Å². The molecule has 150 valence electrons. The SMILES string of the molecule is CCOC(=O)c1c(NC(=O)C[NH2+][C@@H](C)c2ccc(F)cc2F)sc2c1CCC2. The van der Waals surface area contributed by atoms with Crippen LogP contribution in [-0.4, -0.2) is 25.0 Å². The molecule has 2 aromatic rings. The Hall–Kier alpha value is -2.32. The molecule has 1 aromatic carbocycles. The van der Waals surface area contributed by atoms with Gasteiger partial charge in [0.25, 0.3) is 5.91 Å². The number of hydrogen-bond donors (Lipinski definition) is 2. The number of hydrogen-bond acceptors (Lipinski definition) is 4. The van der Waals surface area contributed by atoms with Gasteiger partial charge in [0, 0.05) is 16.5 Å². The van der Waals surface area contributed by atoms with Crippen molar-refractivity contribution in [2.75, 3.05) is 18.5 Å². The zero-order valence-corrected chi connectivity index (χ0v) is 16.6. The highest BCUT2D eigenvalue weighted by Gasteiger charge is 2.28. The molecule has 1 aromatic heterocycles. The minimum absolute atomic E-state index is 0.0445. The molecule has 1 aliphatic rings. The topological polar surface area (TPSA) is 72.0 Å². The van der Waals surface area contributed by atoms with Crippen LogP contribution in [0.5, 0.6) is 0 Å². The first-order valence-electron chi connectivity index (χ1n) is 9.30. The normalized spacial score (nSPS) is 13.9. The number of nitrogens with two attached hydrogens (primary N) is 1. The third-order valence-electron chi connectivity index (χ3n) is 4.76. The van der Waals surface area contributed by atoms with Gasteiger partial charge in [-0.3, -0.25) is 4.79 Å². The lowest BCUT2D eigenvalue weighted by molar-refractivity contribution is -0.682. The van der Waals surface area contributed by atoms with Crippen molar-refractivity contribution in [3.8, 4) is 0 Å². The standard InChI is InChI=1S/C20H22F2N2O3S/c1-3-27-20(26)18-14-5-4-6-16(14)28-19(18)24-17(25)10-23-11(2)13-8-7-12(21)9-15(13)22/h7-9,11,23H,3-6,10H2,1-2H3,(H,24,25)/p+1/t11-/m0/s1. The van der Waals surface area contributed by atoms with E-state index in [0.717, 1.165) is 35.8 Å². The van der Waals surface area contributed by atoms with Crippen LogP contribution in [-0.2, 0) is 22.4 Å². The van der Waals surface area contributed by atoms with Crippen LogP contribution in [0.1, 0.15) is 52.7 Å². The van der Waals surface area contributed by atoms with Crippen LogP contribution in [0.15, 0.2) is 18.2 Å². The molecule has 3 rings (SSSR count). The van der Waals surface area contributed by atoms with Crippen molar-refractivity contribution in [2.45, 2.75) is 39.2 Å². The van der Waals surface area contributed by atoms with E-state index in [-0.39, 0.29) is 25.1 Å². The first-order chi connectivity index (χ1) is 13.4. The molecule has 0 fully saturated rings. The van der Waals surface area contributed by atoms with Crippen LogP contribution >= 0.6 is 11.3 Å². The van der Waals surface area contributed by atoms with Crippen molar-refractivity contribution in [3.63, 3.8) is 0 Å². The summed E-state index contributed by atoms with van der Waals surface area (Å²) in [5, 5.41) is 4.98. The molecule has 1 aliphatic carbocycles. The summed E-state index contributed by atoms with van der Waals surface area (Å²) < 4.78 is 32.1. The Morgan fingerprint density at radius 3 is 2.82 bits per heavy atom. The van der Waals surface area contributed by atoms with Gasteiger partial charge in [0.1, 0.15) is 22.7 Å². The first kappa shape index (κ1) is 20.4. The van der Waals surface area contributed by atoms with E-state index in [2.05, 4.69) is 5.32 Å². The van der Waals surface area contributed by atoms with E-state index < -0.39 is 17.6 Å². The first-order valence-corrected chi connectivity index (χ1v) is 10.1. The van der Waals surface area contributed by atoms with Crippen LogP contribution in [0.25, 0.3) is 0 Å². The van der Waals surface area contributed by atoms with E-state index in [4.69, 9.17) is 4.74 Å². The summed E-state index contributed by atoms with van der Waals surface area (Å²) in [4.78, 5) is 25.9. The maximum absolute atomic E-state index is 13.9. The van der Waals surface area contributed by atoms with Gasteiger partial charge < -0.3 is 15.4 Å². The predicted octanol–water partition coefficient (Wildman–Crippen LogP) is 2.95. The fourth-order valence-corrected chi connectivity index (χ4v) is 4.66. The fraction of sp³-hybridized carbons (Fsp3) is 0.400. The number of aryl methyl sites for hydroxylation is 1. The van der Waals surface area contributed by atoms with Gasteiger partial charge in [0.2, 0.25) is 0 Å². The number of esters is 1. The summed E-state index contributed by atoms with van der Waals surface area (Å²) in [5.74, 6) is -1.98. The molecule has 28 heavy (non-hydrogen) atoms. The molecule has 1 heterocycles. The number of carbonyl (C=O) groups excluding carboxylic acids is 2. The smallest absolute Gasteiger partial charge is 0.341 e. The number of benzene rings is 1. The van der Waals surface area contributed by atoms with Gasteiger partial charge in [-0.1, -0.05) is 0 Å². The number of rotatable bonds is 7. The number of quaternary nitrogens is 1. The maximum Gasteiger partial charge on any atom is 0.341 e. The monoisotopic (exact) mass is 409 g/mol. The third kappa shape index (κ3) is 4.39. The zero-order chi connectivity index (χ0) is 20.3. The average molecular weight is 409 g/mol. The maximum atomic E-state index is 13.9. The lowest BCUT2D eigenvalue weighted by Crippen LogP contribution is -2.86. The Morgan fingerprint density at radius 2 is 2.11 bits per heavy atom. The van der Waals surface area contributed by atoms with Gasteiger partial charge in [0.05, 0.1) is 12.2 Å². The molecule has 1 amide bonds. The molecule has 0 spiro atoms. The van der Waals surface area contributed by atoms with E-state index in [1.54, 1.807) is 19.2 Å². The number of thiophene rings is 1. The summed E-state index contributed by atoms with van der Waals surface area (Å²) in [6.45, 7) is 3.80. The Bertz CT molecular complexity index is 898. The fourth-order valence-electron chi connectivity index (χ4n) is 3.37. The second-order valence-corrected chi connectivity index (χ2v) is 7.83. The second kappa shape index (κ2) is 8.79. The molecule has 0 radical (unpaired) electrons. The number of carbonyl (C=O) groups is 2. The summed E-state index contributed by atoms with van der Waals surface area (Å²) in [5.41, 5.74) is 1.77. The van der Waals surface area contributed by atoms with E-state index >= 15 is 0 Å². The third-order valence-corrected chi connectivity index (χ3v) is 5.97. The molecule has 0 saturated heterocycles. The molecule has 0 aliphatic heterocycles. The van der Waals surface area contributed by atoms with Gasteiger partial charge >= 0.3 is 5.97 Å². The predicted molar refractivity (Wildman–Crippen MR) is 102 cm³/mol. The molecular formula is C20H23F2N2O3S+. The number of halogens is 2. The number of amides is 1. The molecule has 8 heteroatoms. The highest BCUT2D eigenvalue weighted by Crippen LogP contribution is 2.39. The van der Waals surface area contributed by atoms with Crippen molar-refractivity contribution < 1.29 is 28.4 Å². The van der Waals surface area contributed by atoms with Gasteiger partial charge in [0.15, 0.2) is 6.54 Å². The lowest BCUT2D eigenvalue weighted by Gasteiger charge is -2.12. The number of fused-ring (bicyclic) bond motifs is 1. The Balaban J connectivity index is 1.66. The summed E-state index contributed by atoms with van der Waals surface area (Å²) in [6, 6.07) is 3.05. The van der Waals surface area contributed by atoms with Gasteiger partial charge in [-0.05, 0) is 50.8 Å². The minimum atomic E-state index is -0.636. The van der Waals surface area contributed by atoms with E-state index in [0.29, 0.717) is 16.1 Å². The van der Waals surface area contributed by atoms with Crippen molar-refractivity contribution in [1.29, 1.82) is 0 Å². The minimum Gasteiger partial charge on any atom is -0.462 e. The van der Waals surface area contributed by atoms with Crippen molar-refractivity contribution in [1.82, 2.24) is 0 Å². The van der Waals surface area contributed by atoms with Crippen LogP contribution in [0.4, 0.5) is 13.8 Å². The number of ether oxygens (including phenoxy) is 1. The second-order valence-electron chi connectivity index (χ2n) is 6.72. The van der Waals surface area contributed by atoms with Crippen molar-refractivity contribution >= 4 is 28.2 Å². The van der Waals surface area contributed by atoms with Crippen LogP contribution in [0.3, 0.4) is 0 Å². The Kier molecular flexibility index (Phi) is 6.41. The Labute approximate surface area is 166 Å². The van der Waals surface area contributed by atoms with Crippen LogP contribution < -0.4 is 10.6 Å². The average Bonchev–Trinajstić information content (AvgIpc) is 3.20. The van der Waals surface area contributed by atoms with E-state index in [1.165, 1.54) is 23.5 Å². The molecule has 5 nitrogen and oxygen atoms in total. The number of nitrogens with one attached hydrogen (secondary N) is 1. The zero-order valence-electron chi connectivity index (χ0n) is 15.8. The molecular weight excluding hydrogens is 386 g/mol. The van der Waals surface area contributed by atoms with Crippen molar-refractivity contribution in [3.05, 3.63) is 51.4 Å². The molecule has 0 bridgehead atoms. The summed E-state index contributed by atoms with van der Waals surface area (Å²) >= 11 is 1.42. The summed E-state index contributed by atoms with van der Waals surface area (Å²) in [6.07, 6.45) is 2.70. The largest absolute Gasteiger partial charge is 0.462 e. The summed E-state index contributed by atoms with van der Waals surface area (Å²) in [7, 11) is 0. The van der Waals surface area contributed by atoms with Gasteiger partial charge in [-0.15, -0.1) is 11.3 Å². The lowest BCUT2D eigenvalue weighted by atomic mass is 10.1. The highest BCUT2D eigenvalue weighted by atomic mass is 32.1.